The highest BCUT2D eigenvalue weighted by Crippen LogP contribution is 2.32. The number of rotatable bonds is 3. The molecule has 13 heavy (non-hydrogen) atoms. The zero-order chi connectivity index (χ0) is 9.84. The Labute approximate surface area is 78.9 Å². The summed E-state index contributed by atoms with van der Waals surface area (Å²) in [5.41, 5.74) is 8.23. The van der Waals surface area contributed by atoms with E-state index in [1.807, 2.05) is 25.2 Å². The number of nitrogen functional groups attached to an aromatic ring is 1. The second-order valence-electron chi connectivity index (χ2n) is 2.89. The van der Waals surface area contributed by atoms with Crippen LogP contribution in [0.2, 0.25) is 0 Å². The van der Waals surface area contributed by atoms with E-state index in [1.54, 1.807) is 0 Å². The van der Waals surface area contributed by atoms with Crippen LogP contribution in [0.3, 0.4) is 0 Å². The van der Waals surface area contributed by atoms with Crippen LogP contribution in [-0.2, 0) is 0 Å². The maximum Gasteiger partial charge on any atom is 0.108 e. The molecule has 0 aliphatic carbocycles. The van der Waals surface area contributed by atoms with Crippen LogP contribution in [0.1, 0.15) is 6.92 Å². The lowest BCUT2D eigenvalue weighted by atomic mass is 10.2. The van der Waals surface area contributed by atoms with Crippen molar-refractivity contribution in [2.45, 2.75) is 6.92 Å². The molecule has 2 N–H and O–H groups in total. The Hall–Kier alpha value is -1.51. The van der Waals surface area contributed by atoms with Crippen molar-refractivity contribution in [3.05, 3.63) is 18.2 Å². The van der Waals surface area contributed by atoms with E-state index in [0.29, 0.717) is 5.69 Å². The van der Waals surface area contributed by atoms with Gasteiger partial charge in [-0.3, -0.25) is 4.99 Å². The number of anilines is 2. The molecule has 0 heterocycles. The molecule has 3 heteroatoms. The second-order valence-corrected chi connectivity index (χ2v) is 2.89. The normalized spacial score (nSPS) is 9.69. The van der Waals surface area contributed by atoms with Gasteiger partial charge in [0.05, 0.1) is 11.4 Å². The molecule has 0 aliphatic rings. The first-order valence-electron chi connectivity index (χ1n) is 4.27. The van der Waals surface area contributed by atoms with E-state index in [2.05, 4.69) is 23.5 Å². The maximum absolute atomic E-state index is 5.76. The number of hydrogen-bond donors (Lipinski definition) is 1. The number of nitrogens with zero attached hydrogens (tertiary/aromatic N) is 2. The highest BCUT2D eigenvalue weighted by molar-refractivity contribution is 5.80. The second kappa shape index (κ2) is 3.94. The average molecular weight is 177 g/mol. The molecule has 70 valence electrons. The third-order valence-corrected chi connectivity index (χ3v) is 2.09. The summed E-state index contributed by atoms with van der Waals surface area (Å²) in [6.07, 6.45) is 0. The Morgan fingerprint density at radius 2 is 2.23 bits per heavy atom. The Balaban J connectivity index is 3.19. The highest BCUT2D eigenvalue weighted by Gasteiger charge is 2.06. The van der Waals surface area contributed by atoms with Crippen molar-refractivity contribution >= 4 is 23.8 Å². The molecule has 0 saturated carbocycles. The smallest absolute Gasteiger partial charge is 0.108 e. The zero-order valence-corrected chi connectivity index (χ0v) is 8.12. The minimum Gasteiger partial charge on any atom is -0.397 e. The topological polar surface area (TPSA) is 41.6 Å². The molecule has 0 atom stereocenters. The molecule has 1 aromatic rings. The number of para-hydroxylation sites is 1. The first kappa shape index (κ1) is 9.58. The van der Waals surface area contributed by atoms with Gasteiger partial charge >= 0.3 is 0 Å². The van der Waals surface area contributed by atoms with Gasteiger partial charge in [0.2, 0.25) is 0 Å². The lowest BCUT2D eigenvalue weighted by Gasteiger charge is -2.19. The maximum atomic E-state index is 5.76. The van der Waals surface area contributed by atoms with Crippen molar-refractivity contribution < 1.29 is 0 Å². The molecule has 0 unspecified atom stereocenters. The lowest BCUT2D eigenvalue weighted by Crippen LogP contribution is -2.16. The van der Waals surface area contributed by atoms with E-state index in [0.717, 1.165) is 17.9 Å². The molecule has 0 spiro atoms. The predicted molar refractivity (Wildman–Crippen MR) is 59.0 cm³/mol. The van der Waals surface area contributed by atoms with Gasteiger partial charge < -0.3 is 10.6 Å². The Morgan fingerprint density at radius 3 is 2.77 bits per heavy atom. The fraction of sp³-hybridized carbons (Fsp3) is 0.300. The molecule has 0 fully saturated rings. The first-order chi connectivity index (χ1) is 6.20. The lowest BCUT2D eigenvalue weighted by molar-refractivity contribution is 0.968. The molecule has 1 aromatic carbocycles. The average Bonchev–Trinajstić information content (AvgIpc) is 2.16. The molecular formula is C10H15N3. The molecule has 0 bridgehead atoms. The SMILES string of the molecule is C=Nc1c(N)cccc1N(C)CC. The Bertz CT molecular complexity index is 307. The molecule has 0 radical (unpaired) electrons. The van der Waals surface area contributed by atoms with Gasteiger partial charge in [-0.05, 0) is 25.8 Å². The summed E-state index contributed by atoms with van der Waals surface area (Å²) in [6.45, 7) is 6.51. The van der Waals surface area contributed by atoms with Crippen LogP contribution in [-0.4, -0.2) is 20.3 Å². The number of benzene rings is 1. The standard InChI is InChI=1S/C10H15N3/c1-4-13(3)9-7-5-6-8(11)10(9)12-2/h5-7H,2,4,11H2,1,3H3. The van der Waals surface area contributed by atoms with Gasteiger partial charge in [-0.2, -0.15) is 0 Å². The first-order valence-corrected chi connectivity index (χ1v) is 4.27. The van der Waals surface area contributed by atoms with Gasteiger partial charge in [0, 0.05) is 13.6 Å². The van der Waals surface area contributed by atoms with Crippen molar-refractivity contribution in [1.29, 1.82) is 0 Å². The molecule has 0 aliphatic heterocycles. The fourth-order valence-corrected chi connectivity index (χ4v) is 1.20. The van der Waals surface area contributed by atoms with Gasteiger partial charge in [0.25, 0.3) is 0 Å². The molecular weight excluding hydrogens is 162 g/mol. The number of nitrogens with two attached hydrogens (primary N) is 1. The summed E-state index contributed by atoms with van der Waals surface area (Å²) in [4.78, 5) is 6.01. The minimum atomic E-state index is 0.674. The molecule has 0 saturated heterocycles. The monoisotopic (exact) mass is 177 g/mol. The van der Waals surface area contributed by atoms with E-state index < -0.39 is 0 Å². The van der Waals surface area contributed by atoms with Gasteiger partial charge in [0.1, 0.15) is 5.69 Å². The quantitative estimate of drug-likeness (QED) is 0.567. The number of aliphatic imine (C=N–C) groups is 1. The van der Waals surface area contributed by atoms with Gasteiger partial charge in [-0.15, -0.1) is 0 Å². The van der Waals surface area contributed by atoms with Crippen LogP contribution < -0.4 is 10.6 Å². The van der Waals surface area contributed by atoms with Crippen LogP contribution in [0.4, 0.5) is 17.1 Å². The van der Waals surface area contributed by atoms with Gasteiger partial charge in [0.15, 0.2) is 0 Å². The van der Waals surface area contributed by atoms with Gasteiger partial charge in [-0.1, -0.05) is 6.07 Å². The molecule has 0 amide bonds. The van der Waals surface area contributed by atoms with E-state index in [4.69, 9.17) is 5.73 Å². The van der Waals surface area contributed by atoms with Gasteiger partial charge in [-0.25, -0.2) is 0 Å². The highest BCUT2D eigenvalue weighted by atomic mass is 15.1. The third kappa shape index (κ3) is 1.80. The van der Waals surface area contributed by atoms with Crippen molar-refractivity contribution in [1.82, 2.24) is 0 Å². The minimum absolute atomic E-state index is 0.674. The van der Waals surface area contributed by atoms with Crippen molar-refractivity contribution in [3.63, 3.8) is 0 Å². The summed E-state index contributed by atoms with van der Waals surface area (Å²) >= 11 is 0. The van der Waals surface area contributed by atoms with E-state index in [-0.39, 0.29) is 0 Å². The van der Waals surface area contributed by atoms with E-state index in [1.165, 1.54) is 0 Å². The molecule has 1 rings (SSSR count). The Kier molecular flexibility index (Phi) is 2.90. The van der Waals surface area contributed by atoms with Crippen LogP contribution in [0, 0.1) is 0 Å². The van der Waals surface area contributed by atoms with E-state index >= 15 is 0 Å². The zero-order valence-electron chi connectivity index (χ0n) is 8.12. The molecule has 3 nitrogen and oxygen atoms in total. The van der Waals surface area contributed by atoms with Crippen LogP contribution >= 0.6 is 0 Å². The third-order valence-electron chi connectivity index (χ3n) is 2.09. The van der Waals surface area contributed by atoms with Crippen molar-refractivity contribution in [3.8, 4) is 0 Å². The van der Waals surface area contributed by atoms with E-state index in [9.17, 15) is 0 Å². The fourth-order valence-electron chi connectivity index (χ4n) is 1.20. The Morgan fingerprint density at radius 1 is 1.54 bits per heavy atom. The summed E-state index contributed by atoms with van der Waals surface area (Å²) in [7, 11) is 2.00. The number of hydrogen-bond acceptors (Lipinski definition) is 3. The van der Waals surface area contributed by atoms with Crippen LogP contribution in [0.15, 0.2) is 23.2 Å². The van der Waals surface area contributed by atoms with Crippen molar-refractivity contribution in [2.24, 2.45) is 4.99 Å². The predicted octanol–water partition coefficient (Wildman–Crippen LogP) is 2.06. The summed E-state index contributed by atoms with van der Waals surface area (Å²) in [5, 5.41) is 0. The summed E-state index contributed by atoms with van der Waals surface area (Å²) in [6, 6.07) is 5.74. The largest absolute Gasteiger partial charge is 0.397 e. The van der Waals surface area contributed by atoms with Crippen LogP contribution in [0.5, 0.6) is 0 Å². The van der Waals surface area contributed by atoms with Crippen molar-refractivity contribution in [2.75, 3.05) is 24.2 Å². The summed E-state index contributed by atoms with van der Waals surface area (Å²) in [5.74, 6) is 0. The van der Waals surface area contributed by atoms with Crippen LogP contribution in [0.25, 0.3) is 0 Å². The summed E-state index contributed by atoms with van der Waals surface area (Å²) < 4.78 is 0. The molecule has 0 aromatic heterocycles.